The number of hydrogen-bond donors (Lipinski definition) is 1. The fourth-order valence-electron chi connectivity index (χ4n) is 3.05. The molecule has 1 N–H and O–H groups in total. The van der Waals surface area contributed by atoms with Crippen LogP contribution in [0.25, 0.3) is 0 Å². The summed E-state index contributed by atoms with van der Waals surface area (Å²) < 4.78 is 6.62. The van der Waals surface area contributed by atoms with Gasteiger partial charge in [0.2, 0.25) is 0 Å². The van der Waals surface area contributed by atoms with Gasteiger partial charge in [0.25, 0.3) is 11.8 Å². The number of nitrogens with zero attached hydrogens (tertiary/aromatic N) is 4. The number of benzene rings is 1. The number of hydrogen-bond acceptors (Lipinski definition) is 5. The Labute approximate surface area is 162 Å². The van der Waals surface area contributed by atoms with Gasteiger partial charge in [0.15, 0.2) is 5.69 Å². The number of carbonyl (C=O) groups is 2. The van der Waals surface area contributed by atoms with Crippen molar-refractivity contribution in [2.45, 2.75) is 18.9 Å². The van der Waals surface area contributed by atoms with Gasteiger partial charge < -0.3 is 15.0 Å². The summed E-state index contributed by atoms with van der Waals surface area (Å²) in [5.41, 5.74) is 0.875. The minimum Gasteiger partial charge on any atom is -0.383 e. The average molecular weight is 392 g/mol. The molecule has 8 nitrogen and oxygen atoms in total. The van der Waals surface area contributed by atoms with Crippen LogP contribution in [0.4, 0.5) is 0 Å². The van der Waals surface area contributed by atoms with Gasteiger partial charge in [-0.1, -0.05) is 22.9 Å². The Morgan fingerprint density at radius 2 is 2.11 bits per heavy atom. The van der Waals surface area contributed by atoms with Crippen LogP contribution < -0.4 is 5.32 Å². The van der Waals surface area contributed by atoms with E-state index in [2.05, 4.69) is 15.6 Å². The number of carbonyl (C=O) groups excluding carboxylic acids is 2. The van der Waals surface area contributed by atoms with E-state index in [0.29, 0.717) is 36.8 Å². The van der Waals surface area contributed by atoms with E-state index in [1.54, 1.807) is 42.3 Å². The van der Waals surface area contributed by atoms with E-state index in [9.17, 15) is 9.59 Å². The number of rotatable bonds is 6. The number of halogens is 1. The third-order valence-corrected chi connectivity index (χ3v) is 4.77. The third-order valence-electron chi connectivity index (χ3n) is 4.53. The summed E-state index contributed by atoms with van der Waals surface area (Å²) in [6.45, 7) is 2.10. The van der Waals surface area contributed by atoms with Crippen molar-refractivity contribution in [3.8, 4) is 0 Å². The minimum absolute atomic E-state index is 0.0206. The molecule has 2 amide bonds. The van der Waals surface area contributed by atoms with Crippen LogP contribution in [0, 0.1) is 0 Å². The first-order valence-corrected chi connectivity index (χ1v) is 9.20. The Bertz CT molecular complexity index is 802. The van der Waals surface area contributed by atoms with Crippen molar-refractivity contribution in [1.82, 2.24) is 25.2 Å². The zero-order chi connectivity index (χ0) is 19.2. The summed E-state index contributed by atoms with van der Waals surface area (Å²) in [5.74, 6) is -0.292. The zero-order valence-electron chi connectivity index (χ0n) is 15.1. The zero-order valence-corrected chi connectivity index (χ0v) is 15.9. The molecule has 2 aromatic rings. The van der Waals surface area contributed by atoms with Crippen molar-refractivity contribution in [2.24, 2.45) is 0 Å². The molecule has 144 valence electrons. The molecular weight excluding hydrogens is 370 g/mol. The van der Waals surface area contributed by atoms with Gasteiger partial charge in [-0.25, -0.2) is 4.68 Å². The lowest BCUT2D eigenvalue weighted by atomic mass is 10.0. The van der Waals surface area contributed by atoms with E-state index < -0.39 is 0 Å². The van der Waals surface area contributed by atoms with Crippen LogP contribution in [-0.2, 0) is 4.74 Å². The first-order chi connectivity index (χ1) is 13.1. The van der Waals surface area contributed by atoms with Gasteiger partial charge >= 0.3 is 0 Å². The first kappa shape index (κ1) is 19.3. The number of aromatic nitrogens is 3. The van der Waals surface area contributed by atoms with Gasteiger partial charge in [0.1, 0.15) is 0 Å². The predicted octanol–water partition coefficient (Wildman–Crippen LogP) is 1.78. The Hall–Kier alpha value is -2.45. The van der Waals surface area contributed by atoms with Gasteiger partial charge in [0.05, 0.1) is 18.8 Å². The van der Waals surface area contributed by atoms with Gasteiger partial charge in [-0.05, 0) is 31.0 Å². The van der Waals surface area contributed by atoms with Gasteiger partial charge in [-0.15, -0.1) is 5.10 Å². The van der Waals surface area contributed by atoms with Crippen LogP contribution in [0.5, 0.6) is 0 Å². The highest BCUT2D eigenvalue weighted by atomic mass is 35.5. The van der Waals surface area contributed by atoms with E-state index in [4.69, 9.17) is 16.3 Å². The van der Waals surface area contributed by atoms with Gasteiger partial charge in [-0.2, -0.15) is 0 Å². The summed E-state index contributed by atoms with van der Waals surface area (Å²) in [4.78, 5) is 26.4. The maximum Gasteiger partial charge on any atom is 0.273 e. The second kappa shape index (κ2) is 8.96. The average Bonchev–Trinajstić information content (AvgIpc) is 3.18. The van der Waals surface area contributed by atoms with Crippen LogP contribution in [0.3, 0.4) is 0 Å². The van der Waals surface area contributed by atoms with Crippen LogP contribution in [0.2, 0.25) is 5.02 Å². The van der Waals surface area contributed by atoms with Crippen molar-refractivity contribution in [3.63, 3.8) is 0 Å². The minimum atomic E-state index is -0.271. The van der Waals surface area contributed by atoms with Crippen LogP contribution >= 0.6 is 11.6 Å². The molecule has 0 unspecified atom stereocenters. The number of methoxy groups -OCH3 is 1. The highest BCUT2D eigenvalue weighted by Crippen LogP contribution is 2.23. The van der Waals surface area contributed by atoms with Crippen molar-refractivity contribution in [3.05, 3.63) is 46.7 Å². The van der Waals surface area contributed by atoms with E-state index in [1.807, 2.05) is 4.90 Å². The number of piperidine rings is 1. The van der Waals surface area contributed by atoms with E-state index in [-0.39, 0.29) is 23.6 Å². The molecule has 9 heteroatoms. The molecule has 1 aromatic carbocycles. The number of nitrogens with one attached hydrogen (secondary N) is 1. The summed E-state index contributed by atoms with van der Waals surface area (Å²) in [6, 6.07) is 7.09. The number of amides is 2. The molecule has 3 rings (SSSR count). The molecule has 1 aliphatic rings. The lowest BCUT2D eigenvalue weighted by Gasteiger charge is -2.31. The predicted molar refractivity (Wildman–Crippen MR) is 99.9 cm³/mol. The van der Waals surface area contributed by atoms with Gasteiger partial charge in [0, 0.05) is 37.3 Å². The Morgan fingerprint density at radius 3 is 2.81 bits per heavy atom. The third kappa shape index (κ3) is 4.84. The monoisotopic (exact) mass is 391 g/mol. The second-order valence-electron chi connectivity index (χ2n) is 6.37. The van der Waals surface area contributed by atoms with E-state index in [0.717, 1.165) is 12.8 Å². The second-order valence-corrected chi connectivity index (χ2v) is 6.80. The topological polar surface area (TPSA) is 89.4 Å². The summed E-state index contributed by atoms with van der Waals surface area (Å²) in [6.07, 6.45) is 3.15. The molecule has 1 fully saturated rings. The fourth-order valence-corrected chi connectivity index (χ4v) is 3.24. The SMILES string of the molecule is COCCNC(=O)c1cn(C2CCN(C(=O)c3cccc(Cl)c3)CC2)nn1. The van der Waals surface area contributed by atoms with Gasteiger partial charge in [-0.3, -0.25) is 9.59 Å². The molecule has 0 aliphatic carbocycles. The summed E-state index contributed by atoms with van der Waals surface area (Å²) in [5, 5.41) is 11.3. The molecule has 1 aliphatic heterocycles. The quantitative estimate of drug-likeness (QED) is 0.758. The lowest BCUT2D eigenvalue weighted by molar-refractivity contribution is 0.0689. The molecular formula is C18H22ClN5O3. The number of ether oxygens (including phenoxy) is 1. The number of likely N-dealkylation sites (tertiary alicyclic amines) is 1. The Kier molecular flexibility index (Phi) is 6.41. The highest BCUT2D eigenvalue weighted by molar-refractivity contribution is 6.30. The Balaban J connectivity index is 1.55. The largest absolute Gasteiger partial charge is 0.383 e. The van der Waals surface area contributed by atoms with Crippen molar-refractivity contribution in [2.75, 3.05) is 33.4 Å². The van der Waals surface area contributed by atoms with Crippen LogP contribution in [-0.4, -0.2) is 65.1 Å². The maximum absolute atomic E-state index is 12.6. The van der Waals surface area contributed by atoms with Crippen molar-refractivity contribution >= 4 is 23.4 Å². The Morgan fingerprint density at radius 1 is 1.33 bits per heavy atom. The van der Waals surface area contributed by atoms with Crippen molar-refractivity contribution in [1.29, 1.82) is 0 Å². The first-order valence-electron chi connectivity index (χ1n) is 8.82. The standard InChI is InChI=1S/C18H22ClN5O3/c1-27-10-7-20-17(25)16-12-24(22-21-16)15-5-8-23(9-6-15)18(26)13-3-2-4-14(19)11-13/h2-4,11-12,15H,5-10H2,1H3,(H,20,25). The molecule has 0 radical (unpaired) electrons. The van der Waals surface area contributed by atoms with E-state index in [1.165, 1.54) is 0 Å². The van der Waals surface area contributed by atoms with Crippen LogP contribution in [0.1, 0.15) is 39.7 Å². The lowest BCUT2D eigenvalue weighted by Crippen LogP contribution is -2.39. The molecule has 27 heavy (non-hydrogen) atoms. The molecule has 1 aromatic heterocycles. The maximum atomic E-state index is 12.6. The van der Waals surface area contributed by atoms with E-state index >= 15 is 0 Å². The molecule has 2 heterocycles. The molecule has 0 bridgehead atoms. The highest BCUT2D eigenvalue weighted by Gasteiger charge is 2.26. The molecule has 0 atom stereocenters. The normalized spacial score (nSPS) is 15.0. The molecule has 0 saturated carbocycles. The fraction of sp³-hybridized carbons (Fsp3) is 0.444. The smallest absolute Gasteiger partial charge is 0.273 e. The van der Waals surface area contributed by atoms with Crippen molar-refractivity contribution < 1.29 is 14.3 Å². The van der Waals surface area contributed by atoms with Crippen LogP contribution in [0.15, 0.2) is 30.5 Å². The summed E-state index contributed by atoms with van der Waals surface area (Å²) >= 11 is 5.97. The molecule has 1 saturated heterocycles. The molecule has 0 spiro atoms. The summed E-state index contributed by atoms with van der Waals surface area (Å²) in [7, 11) is 1.58.